The minimum absolute atomic E-state index is 0.00759. The van der Waals surface area contributed by atoms with Gasteiger partial charge in [-0.15, -0.1) is 0 Å². The van der Waals surface area contributed by atoms with Crippen LogP contribution in [-0.4, -0.2) is 29.0 Å². The number of aryl methyl sites for hydroxylation is 1. The zero-order chi connectivity index (χ0) is 18.9. The highest BCUT2D eigenvalue weighted by Gasteiger charge is 2.21. The predicted octanol–water partition coefficient (Wildman–Crippen LogP) is 5.37. The van der Waals surface area contributed by atoms with Gasteiger partial charge >= 0.3 is 6.03 Å². The molecule has 4 heteroatoms. The van der Waals surface area contributed by atoms with Crippen molar-refractivity contribution in [2.75, 3.05) is 18.4 Å². The number of carbonyl (C=O) groups is 1. The summed E-state index contributed by atoms with van der Waals surface area (Å²) in [6, 6.07) is 14.7. The third-order valence-electron chi connectivity index (χ3n) is 6.07. The summed E-state index contributed by atoms with van der Waals surface area (Å²) >= 11 is 0. The molecule has 3 aromatic rings. The molecule has 0 saturated carbocycles. The first-order valence-electron chi connectivity index (χ1n) is 10.2. The number of rotatable bonds is 2. The van der Waals surface area contributed by atoms with Crippen LogP contribution in [0.25, 0.3) is 16.5 Å². The van der Waals surface area contributed by atoms with Crippen LogP contribution >= 0.6 is 0 Å². The highest BCUT2D eigenvalue weighted by atomic mass is 16.2. The van der Waals surface area contributed by atoms with Crippen LogP contribution in [0.1, 0.15) is 36.0 Å². The molecule has 4 nitrogen and oxygen atoms in total. The second-order valence-corrected chi connectivity index (χ2v) is 7.75. The van der Waals surface area contributed by atoms with Gasteiger partial charge in [-0.1, -0.05) is 36.4 Å². The molecule has 0 fully saturated rings. The van der Waals surface area contributed by atoms with E-state index in [9.17, 15) is 4.79 Å². The fourth-order valence-electron chi connectivity index (χ4n) is 4.53. The highest BCUT2D eigenvalue weighted by molar-refractivity contribution is 5.94. The Morgan fingerprint density at radius 3 is 2.79 bits per heavy atom. The van der Waals surface area contributed by atoms with Crippen molar-refractivity contribution in [3.8, 4) is 0 Å². The van der Waals surface area contributed by atoms with Gasteiger partial charge in [0.1, 0.15) is 0 Å². The third-order valence-corrected chi connectivity index (χ3v) is 6.07. The molecule has 0 spiro atoms. The Kier molecular flexibility index (Phi) is 4.40. The lowest BCUT2D eigenvalue weighted by atomic mass is 9.90. The minimum atomic E-state index is 0.00759. The van der Waals surface area contributed by atoms with Gasteiger partial charge in [-0.05, 0) is 60.9 Å². The quantitative estimate of drug-likeness (QED) is 0.625. The Hall–Kier alpha value is -3.01. The van der Waals surface area contributed by atoms with Crippen LogP contribution in [0.15, 0.2) is 54.7 Å². The first kappa shape index (κ1) is 17.1. The normalized spacial score (nSPS) is 16.6. The Morgan fingerprint density at radius 1 is 1.00 bits per heavy atom. The smallest absolute Gasteiger partial charge is 0.322 e. The van der Waals surface area contributed by atoms with Crippen molar-refractivity contribution in [1.29, 1.82) is 0 Å². The summed E-state index contributed by atoms with van der Waals surface area (Å²) < 4.78 is 0. The molecule has 0 radical (unpaired) electrons. The minimum Gasteiger partial charge on any atom is -0.361 e. The number of urea groups is 1. The zero-order valence-electron chi connectivity index (χ0n) is 16.0. The molecular formula is C24H25N3O. The summed E-state index contributed by atoms with van der Waals surface area (Å²) in [6.07, 6.45) is 9.80. The summed E-state index contributed by atoms with van der Waals surface area (Å²) in [6.45, 7) is 1.39. The van der Waals surface area contributed by atoms with Crippen LogP contribution in [-0.2, 0) is 12.8 Å². The molecule has 2 heterocycles. The lowest BCUT2D eigenvalue weighted by Crippen LogP contribution is -2.38. The SMILES string of the molecule is O=C(Nc1cccc2c1CCCC2)N1CC=C(c2c[nH]c3ccccc23)CC1. The number of para-hydroxylation sites is 1. The van der Waals surface area contributed by atoms with Crippen LogP contribution in [0.3, 0.4) is 0 Å². The Balaban J connectivity index is 1.31. The Labute approximate surface area is 165 Å². The number of fused-ring (bicyclic) bond motifs is 2. The number of hydrogen-bond acceptors (Lipinski definition) is 1. The van der Waals surface area contributed by atoms with E-state index in [1.165, 1.54) is 40.5 Å². The topological polar surface area (TPSA) is 48.1 Å². The number of nitrogens with one attached hydrogen (secondary N) is 2. The van der Waals surface area contributed by atoms with Crippen molar-refractivity contribution >= 4 is 28.2 Å². The molecule has 5 rings (SSSR count). The fourth-order valence-corrected chi connectivity index (χ4v) is 4.53. The summed E-state index contributed by atoms with van der Waals surface area (Å²) in [5, 5.41) is 4.42. The summed E-state index contributed by atoms with van der Waals surface area (Å²) in [4.78, 5) is 18.1. The summed E-state index contributed by atoms with van der Waals surface area (Å²) in [5.41, 5.74) is 7.45. The van der Waals surface area contributed by atoms with Crippen LogP contribution in [0.4, 0.5) is 10.5 Å². The van der Waals surface area contributed by atoms with Crippen LogP contribution in [0, 0.1) is 0 Å². The number of aromatic amines is 1. The van der Waals surface area contributed by atoms with E-state index in [1.54, 1.807) is 0 Å². The van der Waals surface area contributed by atoms with E-state index in [0.717, 1.165) is 37.0 Å². The number of aromatic nitrogens is 1. The Morgan fingerprint density at radius 2 is 1.89 bits per heavy atom. The summed E-state index contributed by atoms with van der Waals surface area (Å²) in [5.74, 6) is 0. The predicted molar refractivity (Wildman–Crippen MR) is 115 cm³/mol. The van der Waals surface area contributed by atoms with Gasteiger partial charge in [0.15, 0.2) is 0 Å². The second-order valence-electron chi connectivity index (χ2n) is 7.75. The molecule has 142 valence electrons. The number of amides is 2. The summed E-state index contributed by atoms with van der Waals surface area (Å²) in [7, 11) is 0. The maximum absolute atomic E-state index is 12.8. The maximum Gasteiger partial charge on any atom is 0.322 e. The van der Waals surface area contributed by atoms with Crippen molar-refractivity contribution in [3.63, 3.8) is 0 Å². The van der Waals surface area contributed by atoms with E-state index in [4.69, 9.17) is 0 Å². The number of anilines is 1. The number of hydrogen-bond donors (Lipinski definition) is 2. The van der Waals surface area contributed by atoms with E-state index in [0.29, 0.717) is 6.54 Å². The molecule has 2 aliphatic rings. The molecule has 1 aliphatic carbocycles. The number of nitrogens with zero attached hydrogens (tertiary/aromatic N) is 1. The molecule has 0 bridgehead atoms. The van der Waals surface area contributed by atoms with E-state index < -0.39 is 0 Å². The van der Waals surface area contributed by atoms with Gasteiger partial charge in [0, 0.05) is 41.4 Å². The van der Waals surface area contributed by atoms with E-state index >= 15 is 0 Å². The zero-order valence-corrected chi connectivity index (χ0v) is 16.0. The van der Waals surface area contributed by atoms with Crippen LogP contribution in [0.5, 0.6) is 0 Å². The van der Waals surface area contributed by atoms with Crippen molar-refractivity contribution in [3.05, 3.63) is 71.4 Å². The van der Waals surface area contributed by atoms with E-state index in [1.807, 2.05) is 17.0 Å². The number of carbonyl (C=O) groups excluding carboxylic acids is 1. The van der Waals surface area contributed by atoms with Crippen molar-refractivity contribution in [2.45, 2.75) is 32.1 Å². The van der Waals surface area contributed by atoms with Gasteiger partial charge in [0.25, 0.3) is 0 Å². The van der Waals surface area contributed by atoms with Crippen LogP contribution < -0.4 is 5.32 Å². The monoisotopic (exact) mass is 371 g/mol. The van der Waals surface area contributed by atoms with Crippen molar-refractivity contribution < 1.29 is 4.79 Å². The first-order valence-corrected chi connectivity index (χ1v) is 10.2. The average Bonchev–Trinajstić information content (AvgIpc) is 3.18. The van der Waals surface area contributed by atoms with E-state index in [2.05, 4.69) is 52.9 Å². The second kappa shape index (κ2) is 7.19. The molecule has 1 aliphatic heterocycles. The largest absolute Gasteiger partial charge is 0.361 e. The standard InChI is InChI=1S/C24H25N3O/c28-24(26-23-11-5-7-17-6-1-2-8-19(17)23)27-14-12-18(13-15-27)21-16-25-22-10-4-3-9-20(21)22/h3-5,7,9-12,16,25H,1-2,6,8,13-15H2,(H,26,28). The molecule has 0 unspecified atom stereocenters. The highest BCUT2D eigenvalue weighted by Crippen LogP contribution is 2.30. The van der Waals surface area contributed by atoms with E-state index in [-0.39, 0.29) is 6.03 Å². The van der Waals surface area contributed by atoms with Crippen LogP contribution in [0.2, 0.25) is 0 Å². The number of benzene rings is 2. The van der Waals surface area contributed by atoms with Gasteiger partial charge in [-0.2, -0.15) is 0 Å². The van der Waals surface area contributed by atoms with Gasteiger partial charge in [0.05, 0.1) is 0 Å². The number of H-pyrrole nitrogens is 1. The molecule has 0 saturated heterocycles. The molecule has 2 aromatic carbocycles. The lowest BCUT2D eigenvalue weighted by Gasteiger charge is -2.28. The molecule has 0 atom stereocenters. The average molecular weight is 371 g/mol. The molecule has 2 amide bonds. The van der Waals surface area contributed by atoms with Gasteiger partial charge in [0.2, 0.25) is 0 Å². The maximum atomic E-state index is 12.8. The van der Waals surface area contributed by atoms with Crippen molar-refractivity contribution in [1.82, 2.24) is 9.88 Å². The first-order chi connectivity index (χ1) is 13.8. The Bertz CT molecular complexity index is 1060. The van der Waals surface area contributed by atoms with Gasteiger partial charge in [-0.3, -0.25) is 0 Å². The third kappa shape index (κ3) is 3.09. The van der Waals surface area contributed by atoms with Crippen molar-refractivity contribution in [2.24, 2.45) is 0 Å². The molecular weight excluding hydrogens is 346 g/mol. The molecule has 2 N–H and O–H groups in total. The van der Waals surface area contributed by atoms with Gasteiger partial charge in [-0.25, -0.2) is 4.79 Å². The molecule has 28 heavy (non-hydrogen) atoms. The molecule has 1 aromatic heterocycles. The van der Waals surface area contributed by atoms with Gasteiger partial charge < -0.3 is 15.2 Å². The fraction of sp³-hybridized carbons (Fsp3) is 0.292. The lowest BCUT2D eigenvalue weighted by molar-refractivity contribution is 0.217.